The largest absolute Gasteiger partial charge is 0.491 e. The fourth-order valence-corrected chi connectivity index (χ4v) is 0.976. The number of carbonyl (C=O) groups excluding carboxylic acids is 1. The zero-order valence-corrected chi connectivity index (χ0v) is 8.56. The maximum atomic E-state index is 10.9. The van der Waals surface area contributed by atoms with Gasteiger partial charge >= 0.3 is 0 Å². The summed E-state index contributed by atoms with van der Waals surface area (Å²) in [5.41, 5.74) is 0.591. The van der Waals surface area contributed by atoms with Gasteiger partial charge in [-0.25, -0.2) is 0 Å². The molecule has 0 atom stereocenters. The minimum Gasteiger partial charge on any atom is -0.491 e. The number of aliphatic hydroxyl groups is 1. The molecule has 0 spiro atoms. The van der Waals surface area contributed by atoms with Gasteiger partial charge in [0.05, 0.1) is 31.5 Å². The molecule has 1 aromatic heterocycles. The molecule has 0 radical (unpaired) electrons. The first-order valence-electron chi connectivity index (χ1n) is 4.65. The van der Waals surface area contributed by atoms with E-state index in [2.05, 4.69) is 10.3 Å². The number of hydrogen-bond donors (Lipinski definition) is 2. The normalized spacial score (nSPS) is 9.73. The lowest BCUT2D eigenvalue weighted by Gasteiger charge is -2.05. The van der Waals surface area contributed by atoms with Gasteiger partial charge in [0.15, 0.2) is 0 Å². The van der Waals surface area contributed by atoms with E-state index in [0.29, 0.717) is 24.5 Å². The van der Waals surface area contributed by atoms with Crippen molar-refractivity contribution in [2.45, 2.75) is 13.0 Å². The second-order valence-electron chi connectivity index (χ2n) is 2.91. The summed E-state index contributed by atoms with van der Waals surface area (Å²) in [5.74, 6) is 0.533. The third-order valence-electron chi connectivity index (χ3n) is 1.84. The molecule has 1 amide bonds. The van der Waals surface area contributed by atoms with Gasteiger partial charge in [-0.2, -0.15) is 0 Å². The standard InChI is InChI=1S/C10H14N2O3/c1-11-10(14)4-5-15-9-3-2-8(7-13)12-6-9/h2-3,6,13H,4-5,7H2,1H3,(H,11,14). The lowest BCUT2D eigenvalue weighted by molar-refractivity contribution is -0.121. The number of nitrogens with one attached hydrogen (secondary N) is 1. The first kappa shape index (κ1) is 11.5. The summed E-state index contributed by atoms with van der Waals surface area (Å²) in [4.78, 5) is 14.8. The van der Waals surface area contributed by atoms with Crippen LogP contribution in [-0.2, 0) is 11.4 Å². The van der Waals surface area contributed by atoms with Crippen LogP contribution >= 0.6 is 0 Å². The summed E-state index contributed by atoms with van der Waals surface area (Å²) in [6.07, 6.45) is 1.84. The van der Waals surface area contributed by atoms with Crippen molar-refractivity contribution in [1.29, 1.82) is 0 Å². The number of amides is 1. The summed E-state index contributed by atoms with van der Waals surface area (Å²) < 4.78 is 5.27. The van der Waals surface area contributed by atoms with Gasteiger partial charge in [0.2, 0.25) is 5.91 Å². The van der Waals surface area contributed by atoms with Crippen LogP contribution in [0, 0.1) is 0 Å². The molecule has 0 aliphatic rings. The van der Waals surface area contributed by atoms with Gasteiger partial charge < -0.3 is 15.2 Å². The van der Waals surface area contributed by atoms with Crippen molar-refractivity contribution < 1.29 is 14.6 Å². The van der Waals surface area contributed by atoms with E-state index >= 15 is 0 Å². The highest BCUT2D eigenvalue weighted by Gasteiger charge is 1.99. The first-order valence-corrected chi connectivity index (χ1v) is 4.65. The molecular formula is C10H14N2O3. The minimum atomic E-state index is -0.0848. The van der Waals surface area contributed by atoms with Crippen LogP contribution in [0.15, 0.2) is 18.3 Å². The molecule has 82 valence electrons. The van der Waals surface area contributed by atoms with Crippen LogP contribution in [0.3, 0.4) is 0 Å². The van der Waals surface area contributed by atoms with Crippen LogP contribution in [-0.4, -0.2) is 29.7 Å². The van der Waals surface area contributed by atoms with Crippen molar-refractivity contribution >= 4 is 5.91 Å². The highest BCUT2D eigenvalue weighted by Crippen LogP contribution is 2.09. The Morgan fingerprint density at radius 2 is 2.40 bits per heavy atom. The molecule has 2 N–H and O–H groups in total. The second kappa shape index (κ2) is 5.98. The van der Waals surface area contributed by atoms with E-state index in [1.165, 1.54) is 6.20 Å². The molecule has 0 unspecified atom stereocenters. The van der Waals surface area contributed by atoms with E-state index in [1.807, 2.05) is 0 Å². The predicted molar refractivity (Wildman–Crippen MR) is 54.3 cm³/mol. The van der Waals surface area contributed by atoms with E-state index in [9.17, 15) is 4.79 Å². The number of hydrogen-bond acceptors (Lipinski definition) is 4. The van der Waals surface area contributed by atoms with Crippen LogP contribution in [0.4, 0.5) is 0 Å². The number of pyridine rings is 1. The molecule has 5 nitrogen and oxygen atoms in total. The molecule has 0 aliphatic carbocycles. The molecule has 0 saturated heterocycles. The van der Waals surface area contributed by atoms with Crippen molar-refractivity contribution in [2.24, 2.45) is 0 Å². The van der Waals surface area contributed by atoms with E-state index in [-0.39, 0.29) is 12.5 Å². The summed E-state index contributed by atoms with van der Waals surface area (Å²) in [7, 11) is 1.58. The van der Waals surface area contributed by atoms with Gasteiger partial charge in [-0.1, -0.05) is 0 Å². The van der Waals surface area contributed by atoms with Crippen LogP contribution < -0.4 is 10.1 Å². The highest BCUT2D eigenvalue weighted by atomic mass is 16.5. The van der Waals surface area contributed by atoms with Crippen molar-refractivity contribution in [1.82, 2.24) is 10.3 Å². The quantitative estimate of drug-likeness (QED) is 0.722. The monoisotopic (exact) mass is 210 g/mol. The average molecular weight is 210 g/mol. The fourth-order valence-electron chi connectivity index (χ4n) is 0.976. The maximum Gasteiger partial charge on any atom is 0.223 e. The number of aromatic nitrogens is 1. The van der Waals surface area contributed by atoms with Crippen molar-refractivity contribution in [3.8, 4) is 5.75 Å². The molecule has 1 rings (SSSR count). The van der Waals surface area contributed by atoms with Crippen LogP contribution in [0.25, 0.3) is 0 Å². The number of ether oxygens (including phenoxy) is 1. The van der Waals surface area contributed by atoms with Gasteiger partial charge in [0.25, 0.3) is 0 Å². The third kappa shape index (κ3) is 3.95. The summed E-state index contributed by atoms with van der Waals surface area (Å²) >= 11 is 0. The van der Waals surface area contributed by atoms with Crippen LogP contribution in [0.1, 0.15) is 12.1 Å². The van der Waals surface area contributed by atoms with Gasteiger partial charge in [-0.15, -0.1) is 0 Å². The lowest BCUT2D eigenvalue weighted by Crippen LogP contribution is -2.20. The highest BCUT2D eigenvalue weighted by molar-refractivity contribution is 5.75. The fraction of sp³-hybridized carbons (Fsp3) is 0.400. The number of carbonyl (C=O) groups is 1. The Hall–Kier alpha value is -1.62. The summed E-state index contributed by atoms with van der Waals surface area (Å²) in [6, 6.07) is 3.39. The van der Waals surface area contributed by atoms with Gasteiger partial charge in [0.1, 0.15) is 5.75 Å². The molecule has 1 aromatic rings. The molecule has 0 fully saturated rings. The van der Waals surface area contributed by atoms with Crippen molar-refractivity contribution in [3.05, 3.63) is 24.0 Å². The van der Waals surface area contributed by atoms with Crippen molar-refractivity contribution in [2.75, 3.05) is 13.7 Å². The van der Waals surface area contributed by atoms with E-state index in [0.717, 1.165) is 0 Å². The van der Waals surface area contributed by atoms with Gasteiger partial charge in [0, 0.05) is 7.05 Å². The Bertz CT molecular complexity index is 311. The molecule has 0 bridgehead atoms. The molecule has 0 saturated carbocycles. The number of rotatable bonds is 5. The second-order valence-corrected chi connectivity index (χ2v) is 2.91. The van der Waals surface area contributed by atoms with Crippen LogP contribution in [0.2, 0.25) is 0 Å². The third-order valence-corrected chi connectivity index (χ3v) is 1.84. The molecule has 0 aliphatic heterocycles. The van der Waals surface area contributed by atoms with Gasteiger partial charge in [-0.3, -0.25) is 9.78 Å². The first-order chi connectivity index (χ1) is 7.26. The molecule has 15 heavy (non-hydrogen) atoms. The van der Waals surface area contributed by atoms with E-state index in [1.54, 1.807) is 19.2 Å². The minimum absolute atomic E-state index is 0.0602. The van der Waals surface area contributed by atoms with Gasteiger partial charge in [-0.05, 0) is 12.1 Å². The Balaban J connectivity index is 2.34. The Kier molecular flexibility index (Phi) is 4.56. The maximum absolute atomic E-state index is 10.9. The summed E-state index contributed by atoms with van der Waals surface area (Å²) in [6.45, 7) is 0.234. The van der Waals surface area contributed by atoms with Crippen molar-refractivity contribution in [3.63, 3.8) is 0 Å². The zero-order chi connectivity index (χ0) is 11.1. The van der Waals surface area contributed by atoms with E-state index < -0.39 is 0 Å². The summed E-state index contributed by atoms with van der Waals surface area (Å²) in [5, 5.41) is 11.3. The Morgan fingerprint density at radius 3 is 2.93 bits per heavy atom. The number of nitrogens with zero attached hydrogens (tertiary/aromatic N) is 1. The Morgan fingerprint density at radius 1 is 1.60 bits per heavy atom. The molecule has 5 heteroatoms. The SMILES string of the molecule is CNC(=O)CCOc1ccc(CO)nc1. The smallest absolute Gasteiger partial charge is 0.223 e. The average Bonchev–Trinajstić information content (AvgIpc) is 2.29. The van der Waals surface area contributed by atoms with Crippen LogP contribution in [0.5, 0.6) is 5.75 Å². The lowest BCUT2D eigenvalue weighted by atomic mass is 10.3. The topological polar surface area (TPSA) is 71.5 Å². The van der Waals surface area contributed by atoms with E-state index in [4.69, 9.17) is 9.84 Å². The molecule has 1 heterocycles. The predicted octanol–water partition coefficient (Wildman–Crippen LogP) is 0.0888. The Labute approximate surface area is 88.1 Å². The zero-order valence-electron chi connectivity index (χ0n) is 8.56. The number of aliphatic hydroxyl groups excluding tert-OH is 1. The molecular weight excluding hydrogens is 196 g/mol. The molecule has 0 aromatic carbocycles.